The van der Waals surface area contributed by atoms with Crippen molar-refractivity contribution in [3.05, 3.63) is 90.5 Å². The molecule has 3 aromatic rings. The second-order valence-corrected chi connectivity index (χ2v) is 8.70. The van der Waals surface area contributed by atoms with Gasteiger partial charge in [-0.05, 0) is 55.5 Å². The Morgan fingerprint density at radius 1 is 0.871 bits per heavy atom. The van der Waals surface area contributed by atoms with Crippen LogP contribution in [0.15, 0.2) is 89.8 Å². The van der Waals surface area contributed by atoms with Crippen molar-refractivity contribution in [2.24, 2.45) is 0 Å². The van der Waals surface area contributed by atoms with E-state index >= 15 is 0 Å². The summed E-state index contributed by atoms with van der Waals surface area (Å²) in [6.45, 7) is 1.46. The number of nitrogens with one attached hydrogen (secondary N) is 1. The summed E-state index contributed by atoms with van der Waals surface area (Å²) >= 11 is 0. The number of amides is 1. The van der Waals surface area contributed by atoms with Gasteiger partial charge < -0.3 is 10.1 Å². The summed E-state index contributed by atoms with van der Waals surface area (Å²) < 4.78 is 32.0. The van der Waals surface area contributed by atoms with Crippen molar-refractivity contribution in [1.29, 1.82) is 0 Å². The van der Waals surface area contributed by atoms with E-state index in [1.165, 1.54) is 38.2 Å². The molecule has 160 valence electrons. The lowest BCUT2D eigenvalue weighted by Gasteiger charge is -2.19. The van der Waals surface area contributed by atoms with Crippen molar-refractivity contribution in [3.63, 3.8) is 0 Å². The molecule has 0 spiro atoms. The van der Waals surface area contributed by atoms with Crippen molar-refractivity contribution >= 4 is 33.3 Å². The normalized spacial score (nSPS) is 11.9. The number of para-hydroxylation sites is 2. The van der Waals surface area contributed by atoms with E-state index in [0.717, 1.165) is 4.31 Å². The van der Waals surface area contributed by atoms with E-state index in [0.29, 0.717) is 11.4 Å². The van der Waals surface area contributed by atoms with Crippen molar-refractivity contribution in [3.8, 4) is 0 Å². The molecule has 0 saturated carbocycles. The van der Waals surface area contributed by atoms with Crippen molar-refractivity contribution in [2.45, 2.75) is 17.9 Å². The Bertz CT molecular complexity index is 1150. The lowest BCUT2D eigenvalue weighted by molar-refractivity contribution is -0.123. The van der Waals surface area contributed by atoms with Gasteiger partial charge in [0.05, 0.1) is 16.1 Å². The molecule has 8 heteroatoms. The van der Waals surface area contributed by atoms with Crippen molar-refractivity contribution < 1.29 is 22.7 Å². The van der Waals surface area contributed by atoms with E-state index < -0.39 is 28.0 Å². The Morgan fingerprint density at radius 2 is 1.42 bits per heavy atom. The number of anilines is 2. The van der Waals surface area contributed by atoms with Crippen LogP contribution in [-0.2, 0) is 19.6 Å². The Hall–Kier alpha value is -3.65. The van der Waals surface area contributed by atoms with Gasteiger partial charge in [-0.25, -0.2) is 13.2 Å². The number of sulfonamides is 1. The average Bonchev–Trinajstić information content (AvgIpc) is 2.79. The van der Waals surface area contributed by atoms with Crippen molar-refractivity contribution in [1.82, 2.24) is 0 Å². The monoisotopic (exact) mass is 438 g/mol. The van der Waals surface area contributed by atoms with Gasteiger partial charge >= 0.3 is 5.97 Å². The molecule has 0 heterocycles. The van der Waals surface area contributed by atoms with Gasteiger partial charge in [0.2, 0.25) is 0 Å². The van der Waals surface area contributed by atoms with Gasteiger partial charge in [-0.1, -0.05) is 36.4 Å². The third-order valence-electron chi connectivity index (χ3n) is 4.56. The third-order valence-corrected chi connectivity index (χ3v) is 6.36. The molecule has 1 atom stereocenters. The molecule has 3 aromatic carbocycles. The first kappa shape index (κ1) is 22.0. The molecule has 0 fully saturated rings. The van der Waals surface area contributed by atoms with E-state index in [1.54, 1.807) is 54.6 Å². The minimum Gasteiger partial charge on any atom is -0.449 e. The molecule has 0 bridgehead atoms. The first-order chi connectivity index (χ1) is 14.8. The molecule has 0 radical (unpaired) electrons. The highest BCUT2D eigenvalue weighted by molar-refractivity contribution is 7.92. The van der Waals surface area contributed by atoms with Gasteiger partial charge in [0.15, 0.2) is 6.10 Å². The number of hydrogen-bond acceptors (Lipinski definition) is 5. The lowest BCUT2D eigenvalue weighted by atomic mass is 10.2. The highest BCUT2D eigenvalue weighted by Gasteiger charge is 2.23. The Morgan fingerprint density at radius 3 is 2.00 bits per heavy atom. The van der Waals surface area contributed by atoms with Crippen LogP contribution in [0.5, 0.6) is 0 Å². The van der Waals surface area contributed by atoms with Gasteiger partial charge in [-0.2, -0.15) is 0 Å². The lowest BCUT2D eigenvalue weighted by Crippen LogP contribution is -2.30. The minimum absolute atomic E-state index is 0.0327. The van der Waals surface area contributed by atoms with E-state index in [1.807, 2.05) is 6.07 Å². The van der Waals surface area contributed by atoms with Gasteiger partial charge in [0, 0.05) is 12.7 Å². The number of esters is 1. The number of ether oxygens (including phenoxy) is 1. The molecule has 0 aliphatic carbocycles. The fourth-order valence-electron chi connectivity index (χ4n) is 2.75. The summed E-state index contributed by atoms with van der Waals surface area (Å²) in [4.78, 5) is 24.6. The fraction of sp³-hybridized carbons (Fsp3) is 0.130. The zero-order chi connectivity index (χ0) is 22.4. The van der Waals surface area contributed by atoms with E-state index in [4.69, 9.17) is 4.74 Å². The minimum atomic E-state index is -3.79. The highest BCUT2D eigenvalue weighted by Crippen LogP contribution is 2.22. The van der Waals surface area contributed by atoms with Gasteiger partial charge in [0.25, 0.3) is 15.9 Å². The predicted molar refractivity (Wildman–Crippen MR) is 118 cm³/mol. The van der Waals surface area contributed by atoms with Crippen molar-refractivity contribution in [2.75, 3.05) is 16.7 Å². The largest absolute Gasteiger partial charge is 0.449 e. The number of carbonyl (C=O) groups is 2. The molecule has 3 rings (SSSR count). The molecule has 0 aliphatic rings. The van der Waals surface area contributed by atoms with Crippen LogP contribution in [0.4, 0.5) is 11.4 Å². The molecule has 0 aliphatic heterocycles. The maximum absolute atomic E-state index is 12.8. The first-order valence-corrected chi connectivity index (χ1v) is 10.9. The quantitative estimate of drug-likeness (QED) is 0.568. The number of carbonyl (C=O) groups excluding carboxylic acids is 2. The van der Waals surface area contributed by atoms with Crippen LogP contribution < -0.4 is 9.62 Å². The fourth-order valence-corrected chi connectivity index (χ4v) is 3.94. The summed E-state index contributed by atoms with van der Waals surface area (Å²) in [5, 5.41) is 2.65. The zero-order valence-corrected chi connectivity index (χ0v) is 17.9. The molecule has 0 saturated heterocycles. The summed E-state index contributed by atoms with van der Waals surface area (Å²) in [6, 6.07) is 22.9. The molecule has 7 nitrogen and oxygen atoms in total. The van der Waals surface area contributed by atoms with Crippen LogP contribution in [0.25, 0.3) is 0 Å². The SMILES string of the molecule is C[C@H](OC(=O)c1ccc(S(=O)(=O)N(C)c2ccccc2)cc1)C(=O)Nc1ccccc1. The summed E-state index contributed by atoms with van der Waals surface area (Å²) in [7, 11) is -2.33. The first-order valence-electron chi connectivity index (χ1n) is 9.50. The second-order valence-electron chi connectivity index (χ2n) is 6.74. The third kappa shape index (κ3) is 5.29. The Kier molecular flexibility index (Phi) is 6.71. The Balaban J connectivity index is 1.66. The van der Waals surface area contributed by atoms with Crippen LogP contribution in [0.1, 0.15) is 17.3 Å². The maximum atomic E-state index is 12.8. The maximum Gasteiger partial charge on any atom is 0.338 e. The molecule has 1 N–H and O–H groups in total. The van der Waals surface area contributed by atoms with E-state index in [2.05, 4.69) is 5.32 Å². The van der Waals surface area contributed by atoms with Crippen LogP contribution in [-0.4, -0.2) is 33.4 Å². The van der Waals surface area contributed by atoms with Gasteiger partial charge in [-0.3, -0.25) is 9.10 Å². The summed E-state index contributed by atoms with van der Waals surface area (Å²) in [5.41, 5.74) is 1.25. The van der Waals surface area contributed by atoms with E-state index in [9.17, 15) is 18.0 Å². The van der Waals surface area contributed by atoms with E-state index in [-0.39, 0.29) is 10.5 Å². The molecular weight excluding hydrogens is 416 g/mol. The van der Waals surface area contributed by atoms with Crippen LogP contribution in [0.3, 0.4) is 0 Å². The second kappa shape index (κ2) is 9.44. The molecular formula is C23H22N2O5S. The van der Waals surface area contributed by atoms with Crippen LogP contribution >= 0.6 is 0 Å². The molecule has 0 unspecified atom stereocenters. The van der Waals surface area contributed by atoms with Crippen LogP contribution in [0.2, 0.25) is 0 Å². The zero-order valence-electron chi connectivity index (χ0n) is 17.1. The van der Waals surface area contributed by atoms with Gasteiger partial charge in [-0.15, -0.1) is 0 Å². The topological polar surface area (TPSA) is 92.8 Å². The van der Waals surface area contributed by atoms with Crippen LogP contribution in [0, 0.1) is 0 Å². The Labute approximate surface area is 181 Å². The smallest absolute Gasteiger partial charge is 0.338 e. The standard InChI is InChI=1S/C23H22N2O5S/c1-17(22(26)24-19-9-5-3-6-10-19)30-23(27)18-13-15-21(16-14-18)31(28,29)25(2)20-11-7-4-8-12-20/h3-17H,1-2H3,(H,24,26)/t17-/m0/s1. The molecule has 31 heavy (non-hydrogen) atoms. The average molecular weight is 439 g/mol. The number of rotatable bonds is 7. The molecule has 0 aromatic heterocycles. The number of nitrogens with zero attached hydrogens (tertiary/aromatic N) is 1. The number of benzene rings is 3. The number of hydrogen-bond donors (Lipinski definition) is 1. The summed E-state index contributed by atoms with van der Waals surface area (Å²) in [5.74, 6) is -1.20. The van der Waals surface area contributed by atoms with Gasteiger partial charge in [0.1, 0.15) is 0 Å². The molecule has 1 amide bonds. The highest BCUT2D eigenvalue weighted by atomic mass is 32.2. The predicted octanol–water partition coefficient (Wildman–Crippen LogP) is 3.70. The summed E-state index contributed by atoms with van der Waals surface area (Å²) in [6.07, 6.45) is -1.03.